The maximum atomic E-state index is 11.9. The first-order valence-corrected chi connectivity index (χ1v) is 8.45. The van der Waals surface area contributed by atoms with Crippen molar-refractivity contribution >= 4 is 34.8 Å². The minimum atomic E-state index is -0.431. The number of hydrogen-bond acceptors (Lipinski definition) is 7. The van der Waals surface area contributed by atoms with Gasteiger partial charge in [0.1, 0.15) is 17.9 Å². The number of oxazole rings is 1. The van der Waals surface area contributed by atoms with Gasteiger partial charge in [-0.3, -0.25) is 4.79 Å². The molecule has 3 aromatic rings. The van der Waals surface area contributed by atoms with Crippen LogP contribution in [-0.2, 0) is 20.9 Å². The third kappa shape index (κ3) is 4.39. The molecule has 1 aromatic heterocycles. The van der Waals surface area contributed by atoms with E-state index in [2.05, 4.69) is 9.72 Å². The van der Waals surface area contributed by atoms with Crippen LogP contribution >= 0.6 is 11.8 Å². The van der Waals surface area contributed by atoms with Gasteiger partial charge in [0.05, 0.1) is 12.7 Å². The Morgan fingerprint density at radius 2 is 2.00 bits per heavy atom. The van der Waals surface area contributed by atoms with Gasteiger partial charge in [-0.05, 0) is 29.8 Å². The summed E-state index contributed by atoms with van der Waals surface area (Å²) in [7, 11) is 1.32. The molecule has 3 rings (SSSR count). The highest BCUT2D eigenvalue weighted by Gasteiger charge is 2.11. The van der Waals surface area contributed by atoms with Crippen LogP contribution in [0.2, 0.25) is 0 Å². The second-order valence-electron chi connectivity index (χ2n) is 5.09. The first-order valence-electron chi connectivity index (χ1n) is 7.47. The van der Waals surface area contributed by atoms with Crippen LogP contribution in [0.5, 0.6) is 0 Å². The molecule has 128 valence electrons. The molecule has 0 atom stereocenters. The van der Waals surface area contributed by atoms with Gasteiger partial charge in [0.15, 0.2) is 5.58 Å². The van der Waals surface area contributed by atoms with E-state index in [0.717, 1.165) is 5.52 Å². The Labute approximate surface area is 148 Å². The maximum absolute atomic E-state index is 11.9. The van der Waals surface area contributed by atoms with Crippen LogP contribution in [0.4, 0.5) is 0 Å². The van der Waals surface area contributed by atoms with E-state index >= 15 is 0 Å². The number of ether oxygens (including phenoxy) is 2. The zero-order chi connectivity index (χ0) is 17.6. The summed E-state index contributed by atoms with van der Waals surface area (Å²) in [6, 6.07) is 14.1. The van der Waals surface area contributed by atoms with Crippen LogP contribution in [0.25, 0.3) is 11.1 Å². The zero-order valence-corrected chi connectivity index (χ0v) is 14.2. The molecule has 0 saturated heterocycles. The van der Waals surface area contributed by atoms with E-state index in [-0.39, 0.29) is 12.4 Å². The molecule has 0 spiro atoms. The highest BCUT2D eigenvalue weighted by molar-refractivity contribution is 7.99. The standard InChI is InChI=1S/C18H15NO5S/c1-22-17(21)13-6-4-5-12(9-13)10-23-16(20)11-25-18-19-14-7-2-3-8-15(14)24-18/h2-9H,10-11H2,1H3. The number of para-hydroxylation sites is 2. The lowest BCUT2D eigenvalue weighted by Crippen LogP contribution is -2.08. The number of carbonyl (C=O) groups excluding carboxylic acids is 2. The summed E-state index contributed by atoms with van der Waals surface area (Å²) in [4.78, 5) is 27.6. The first-order chi connectivity index (χ1) is 12.2. The topological polar surface area (TPSA) is 78.6 Å². The number of nitrogens with zero attached hydrogens (tertiary/aromatic N) is 1. The maximum Gasteiger partial charge on any atom is 0.337 e. The van der Waals surface area contributed by atoms with E-state index in [9.17, 15) is 9.59 Å². The second-order valence-corrected chi connectivity index (χ2v) is 6.02. The van der Waals surface area contributed by atoms with Gasteiger partial charge >= 0.3 is 11.9 Å². The van der Waals surface area contributed by atoms with Gasteiger partial charge in [-0.2, -0.15) is 0 Å². The average molecular weight is 357 g/mol. The summed E-state index contributed by atoms with van der Waals surface area (Å²) < 4.78 is 15.4. The Kier molecular flexibility index (Phi) is 5.35. The van der Waals surface area contributed by atoms with E-state index in [1.54, 1.807) is 24.3 Å². The molecule has 0 aliphatic heterocycles. The average Bonchev–Trinajstić information content (AvgIpc) is 3.07. The van der Waals surface area contributed by atoms with Gasteiger partial charge < -0.3 is 13.9 Å². The van der Waals surface area contributed by atoms with E-state index in [0.29, 0.717) is 21.9 Å². The van der Waals surface area contributed by atoms with E-state index in [1.165, 1.54) is 18.9 Å². The first kappa shape index (κ1) is 17.0. The van der Waals surface area contributed by atoms with Crippen molar-refractivity contribution < 1.29 is 23.5 Å². The number of fused-ring (bicyclic) bond motifs is 1. The van der Waals surface area contributed by atoms with E-state index in [4.69, 9.17) is 9.15 Å². The summed E-state index contributed by atoms with van der Waals surface area (Å²) in [6.07, 6.45) is 0. The van der Waals surface area contributed by atoms with Gasteiger partial charge in [-0.25, -0.2) is 9.78 Å². The molecule has 0 aliphatic carbocycles. The molecule has 0 N–H and O–H groups in total. The predicted molar refractivity (Wildman–Crippen MR) is 92.3 cm³/mol. The van der Waals surface area contributed by atoms with Crippen LogP contribution in [0, 0.1) is 0 Å². The molecule has 6 nitrogen and oxygen atoms in total. The molecule has 25 heavy (non-hydrogen) atoms. The van der Waals surface area contributed by atoms with Crippen molar-refractivity contribution in [2.75, 3.05) is 12.9 Å². The monoisotopic (exact) mass is 357 g/mol. The largest absolute Gasteiger partial charge is 0.465 e. The Hall–Kier alpha value is -2.80. The SMILES string of the molecule is COC(=O)c1cccc(COC(=O)CSc2nc3ccccc3o2)c1. The molecule has 0 radical (unpaired) electrons. The molecular formula is C18H15NO5S. The van der Waals surface area contributed by atoms with E-state index in [1.807, 2.05) is 24.3 Å². The summed E-state index contributed by atoms with van der Waals surface area (Å²) >= 11 is 1.17. The number of carbonyl (C=O) groups is 2. The molecule has 0 saturated carbocycles. The molecule has 0 amide bonds. The Bertz CT molecular complexity index is 872. The van der Waals surface area contributed by atoms with Crippen molar-refractivity contribution in [1.82, 2.24) is 4.98 Å². The normalized spacial score (nSPS) is 10.6. The molecular weight excluding hydrogens is 342 g/mol. The second kappa shape index (κ2) is 7.85. The highest BCUT2D eigenvalue weighted by Crippen LogP contribution is 2.23. The van der Waals surface area contributed by atoms with Gasteiger partial charge in [-0.1, -0.05) is 36.0 Å². The smallest absolute Gasteiger partial charge is 0.337 e. The third-order valence-corrected chi connectivity index (χ3v) is 4.14. The Morgan fingerprint density at radius 3 is 2.80 bits per heavy atom. The molecule has 0 unspecified atom stereocenters. The fourth-order valence-electron chi connectivity index (χ4n) is 2.14. The third-order valence-electron chi connectivity index (χ3n) is 3.34. The lowest BCUT2D eigenvalue weighted by molar-refractivity contribution is -0.141. The number of methoxy groups -OCH3 is 1. The fraction of sp³-hybridized carbons (Fsp3) is 0.167. The van der Waals surface area contributed by atoms with Crippen molar-refractivity contribution in [2.24, 2.45) is 0 Å². The molecule has 0 aliphatic rings. The molecule has 0 bridgehead atoms. The molecule has 1 heterocycles. The number of rotatable bonds is 6. The van der Waals surface area contributed by atoms with Crippen LogP contribution in [0.15, 0.2) is 58.2 Å². The van der Waals surface area contributed by atoms with Crippen molar-refractivity contribution in [1.29, 1.82) is 0 Å². The number of hydrogen-bond donors (Lipinski definition) is 0. The van der Waals surface area contributed by atoms with Crippen molar-refractivity contribution in [3.8, 4) is 0 Å². The summed E-state index contributed by atoms with van der Waals surface area (Å²) in [5.74, 6) is -0.737. The number of aromatic nitrogens is 1. The molecule has 7 heteroatoms. The quantitative estimate of drug-likeness (QED) is 0.494. The number of esters is 2. The van der Waals surface area contributed by atoms with Crippen molar-refractivity contribution in [2.45, 2.75) is 11.8 Å². The van der Waals surface area contributed by atoms with Crippen molar-refractivity contribution in [3.05, 3.63) is 59.7 Å². The van der Waals surface area contributed by atoms with Crippen LogP contribution < -0.4 is 0 Å². The minimum Gasteiger partial charge on any atom is -0.465 e. The van der Waals surface area contributed by atoms with Crippen LogP contribution in [-0.4, -0.2) is 29.8 Å². The van der Waals surface area contributed by atoms with Gasteiger partial charge in [0.25, 0.3) is 5.22 Å². The van der Waals surface area contributed by atoms with Crippen molar-refractivity contribution in [3.63, 3.8) is 0 Å². The number of thioether (sulfide) groups is 1. The van der Waals surface area contributed by atoms with Gasteiger partial charge in [0, 0.05) is 0 Å². The van der Waals surface area contributed by atoms with Crippen LogP contribution in [0.3, 0.4) is 0 Å². The lowest BCUT2D eigenvalue weighted by Gasteiger charge is -2.05. The summed E-state index contributed by atoms with van der Waals surface area (Å²) in [5.41, 5.74) is 2.55. The zero-order valence-electron chi connectivity index (χ0n) is 13.4. The molecule has 2 aromatic carbocycles. The lowest BCUT2D eigenvalue weighted by atomic mass is 10.1. The van der Waals surface area contributed by atoms with E-state index < -0.39 is 11.9 Å². The number of benzene rings is 2. The van der Waals surface area contributed by atoms with Gasteiger partial charge in [0.2, 0.25) is 0 Å². The molecule has 0 fully saturated rings. The van der Waals surface area contributed by atoms with Crippen LogP contribution in [0.1, 0.15) is 15.9 Å². The Morgan fingerprint density at radius 1 is 1.16 bits per heavy atom. The van der Waals surface area contributed by atoms with Gasteiger partial charge in [-0.15, -0.1) is 0 Å². The Balaban J connectivity index is 1.52. The minimum absolute atomic E-state index is 0.0811. The fourth-order valence-corrected chi connectivity index (χ4v) is 2.78. The highest BCUT2D eigenvalue weighted by atomic mass is 32.2. The predicted octanol–water partition coefficient (Wildman–Crippen LogP) is 3.45. The summed E-state index contributed by atoms with van der Waals surface area (Å²) in [5, 5.41) is 0.422. The summed E-state index contributed by atoms with van der Waals surface area (Å²) in [6.45, 7) is 0.0811.